The molecule has 0 bridgehead atoms. The molecule has 0 saturated carbocycles. The van der Waals surface area contributed by atoms with E-state index in [0.29, 0.717) is 12.4 Å². The number of nitrogens with zero attached hydrogens (tertiary/aromatic N) is 1. The molecule has 0 N–H and O–H groups in total. The number of pyridine rings is 1. The van der Waals surface area contributed by atoms with Crippen LogP contribution in [0.1, 0.15) is 6.42 Å². The smallest absolute Gasteiger partial charge is 0.258 e. The van der Waals surface area contributed by atoms with Crippen LogP contribution in [0.4, 0.5) is 0 Å². The molecular weight excluding hydrogens is 210 g/mol. The molecule has 0 fully saturated rings. The molecule has 0 aliphatic carbocycles. The molecule has 2 aromatic rings. The van der Waals surface area contributed by atoms with Crippen molar-refractivity contribution in [2.24, 2.45) is 0 Å². The van der Waals surface area contributed by atoms with Crippen LogP contribution < -0.4 is 5.56 Å². The molecule has 0 aliphatic heterocycles. The maximum Gasteiger partial charge on any atom is 0.258 e. The van der Waals surface area contributed by atoms with E-state index in [0.717, 1.165) is 17.2 Å². The number of alkyl halides is 1. The zero-order valence-corrected chi connectivity index (χ0v) is 9.07. The van der Waals surface area contributed by atoms with Crippen LogP contribution >= 0.6 is 11.6 Å². The third-order valence-electron chi connectivity index (χ3n) is 2.42. The van der Waals surface area contributed by atoms with Gasteiger partial charge < -0.3 is 4.57 Å². The number of fused-ring (bicyclic) bond motifs is 1. The van der Waals surface area contributed by atoms with E-state index in [1.165, 1.54) is 0 Å². The van der Waals surface area contributed by atoms with Gasteiger partial charge in [0.05, 0.1) is 0 Å². The van der Waals surface area contributed by atoms with Crippen LogP contribution in [0.3, 0.4) is 0 Å². The number of rotatable bonds is 3. The molecule has 0 atom stereocenters. The Kier molecular flexibility index (Phi) is 3.07. The molecule has 0 radical (unpaired) electrons. The van der Waals surface area contributed by atoms with Crippen molar-refractivity contribution in [2.45, 2.75) is 13.0 Å². The van der Waals surface area contributed by atoms with Gasteiger partial charge in [-0.2, -0.15) is 0 Å². The first-order valence-corrected chi connectivity index (χ1v) is 5.50. The summed E-state index contributed by atoms with van der Waals surface area (Å²) in [5, 5.41) is 1.76. The first kappa shape index (κ1) is 10.2. The monoisotopic (exact) mass is 221 g/mol. The fourth-order valence-electron chi connectivity index (χ4n) is 1.64. The molecule has 3 heteroatoms. The van der Waals surface area contributed by atoms with Crippen molar-refractivity contribution in [3.05, 3.63) is 46.9 Å². The molecule has 1 aromatic heterocycles. The Balaban J connectivity index is 2.51. The summed E-state index contributed by atoms with van der Waals surface area (Å²) >= 11 is 5.61. The van der Waals surface area contributed by atoms with Crippen LogP contribution in [0.15, 0.2) is 41.3 Å². The molecule has 0 saturated heterocycles. The van der Waals surface area contributed by atoms with Gasteiger partial charge in [0.15, 0.2) is 0 Å². The SMILES string of the molecule is O=c1c2ccccc2ccn1CCCCl. The van der Waals surface area contributed by atoms with Gasteiger partial charge in [-0.15, -0.1) is 11.6 Å². The Labute approximate surface area is 93.1 Å². The number of halogens is 1. The number of aromatic nitrogens is 1. The molecule has 2 rings (SSSR count). The summed E-state index contributed by atoms with van der Waals surface area (Å²) in [6.07, 6.45) is 2.65. The quantitative estimate of drug-likeness (QED) is 0.731. The largest absolute Gasteiger partial charge is 0.315 e. The van der Waals surface area contributed by atoms with E-state index in [9.17, 15) is 4.79 Å². The molecule has 78 valence electrons. The summed E-state index contributed by atoms with van der Waals surface area (Å²) in [5.41, 5.74) is 0.0678. The predicted octanol–water partition coefficient (Wildman–Crippen LogP) is 2.63. The van der Waals surface area contributed by atoms with E-state index in [1.54, 1.807) is 4.57 Å². The van der Waals surface area contributed by atoms with Crippen LogP contribution in [-0.4, -0.2) is 10.4 Å². The van der Waals surface area contributed by atoms with Crippen molar-refractivity contribution >= 4 is 22.4 Å². The highest BCUT2D eigenvalue weighted by atomic mass is 35.5. The maximum absolute atomic E-state index is 12.0. The van der Waals surface area contributed by atoms with E-state index in [2.05, 4.69) is 0 Å². The van der Waals surface area contributed by atoms with Crippen LogP contribution in [0.2, 0.25) is 0 Å². The molecule has 1 aromatic carbocycles. The van der Waals surface area contributed by atoms with Crippen LogP contribution in [-0.2, 0) is 6.54 Å². The van der Waals surface area contributed by atoms with Crippen molar-refractivity contribution < 1.29 is 0 Å². The normalized spacial score (nSPS) is 10.7. The van der Waals surface area contributed by atoms with Crippen LogP contribution in [0.5, 0.6) is 0 Å². The first-order chi connectivity index (χ1) is 7.33. The average Bonchev–Trinajstić information content (AvgIpc) is 2.29. The minimum Gasteiger partial charge on any atom is -0.315 e. The van der Waals surface area contributed by atoms with Gasteiger partial charge in [0, 0.05) is 24.0 Å². The Bertz CT molecular complexity index is 518. The summed E-state index contributed by atoms with van der Waals surface area (Å²) in [6, 6.07) is 9.59. The van der Waals surface area contributed by atoms with E-state index in [-0.39, 0.29) is 5.56 Å². The summed E-state index contributed by atoms with van der Waals surface area (Å²) in [6.45, 7) is 0.688. The minimum absolute atomic E-state index is 0.0678. The van der Waals surface area contributed by atoms with Crippen molar-refractivity contribution in [1.29, 1.82) is 0 Å². The van der Waals surface area contributed by atoms with Gasteiger partial charge in [0.1, 0.15) is 0 Å². The fraction of sp³-hybridized carbons (Fsp3) is 0.250. The first-order valence-electron chi connectivity index (χ1n) is 4.97. The van der Waals surface area contributed by atoms with Crippen LogP contribution in [0.25, 0.3) is 10.8 Å². The molecule has 0 unspecified atom stereocenters. The summed E-state index contributed by atoms with van der Waals surface area (Å²) in [4.78, 5) is 12.0. The highest BCUT2D eigenvalue weighted by Crippen LogP contribution is 2.08. The molecule has 2 nitrogen and oxygen atoms in total. The van der Waals surface area contributed by atoms with Crippen molar-refractivity contribution in [3.8, 4) is 0 Å². The van der Waals surface area contributed by atoms with Crippen LogP contribution in [0, 0.1) is 0 Å². The summed E-state index contributed by atoms with van der Waals surface area (Å²) in [5.74, 6) is 0.583. The summed E-state index contributed by atoms with van der Waals surface area (Å²) in [7, 11) is 0. The highest BCUT2D eigenvalue weighted by Gasteiger charge is 2.00. The van der Waals surface area contributed by atoms with Gasteiger partial charge in [-0.3, -0.25) is 4.79 Å². The Morgan fingerprint density at radius 3 is 2.80 bits per heavy atom. The summed E-state index contributed by atoms with van der Waals surface area (Å²) < 4.78 is 1.71. The Hall–Kier alpha value is -1.28. The van der Waals surface area contributed by atoms with Crippen molar-refractivity contribution in [1.82, 2.24) is 4.57 Å². The zero-order chi connectivity index (χ0) is 10.7. The van der Waals surface area contributed by atoms with Gasteiger partial charge in [-0.05, 0) is 23.9 Å². The van der Waals surface area contributed by atoms with Gasteiger partial charge >= 0.3 is 0 Å². The fourth-order valence-corrected chi connectivity index (χ4v) is 1.76. The second kappa shape index (κ2) is 4.49. The van der Waals surface area contributed by atoms with E-state index in [4.69, 9.17) is 11.6 Å². The second-order valence-corrected chi connectivity index (χ2v) is 3.82. The number of aryl methyl sites for hydroxylation is 1. The van der Waals surface area contributed by atoms with E-state index in [1.807, 2.05) is 36.5 Å². The molecule has 15 heavy (non-hydrogen) atoms. The zero-order valence-electron chi connectivity index (χ0n) is 8.32. The molecule has 0 aliphatic rings. The van der Waals surface area contributed by atoms with Crippen molar-refractivity contribution in [2.75, 3.05) is 5.88 Å². The second-order valence-electron chi connectivity index (χ2n) is 3.44. The number of hydrogen-bond acceptors (Lipinski definition) is 1. The van der Waals surface area contributed by atoms with Crippen molar-refractivity contribution in [3.63, 3.8) is 0 Å². The third-order valence-corrected chi connectivity index (χ3v) is 2.69. The lowest BCUT2D eigenvalue weighted by atomic mass is 10.2. The van der Waals surface area contributed by atoms with E-state index < -0.39 is 0 Å². The van der Waals surface area contributed by atoms with E-state index >= 15 is 0 Å². The number of benzene rings is 1. The highest BCUT2D eigenvalue weighted by molar-refractivity contribution is 6.17. The average molecular weight is 222 g/mol. The molecule has 1 heterocycles. The lowest BCUT2D eigenvalue weighted by Gasteiger charge is -2.05. The molecule has 0 amide bonds. The van der Waals surface area contributed by atoms with Gasteiger partial charge in [-0.25, -0.2) is 0 Å². The van der Waals surface area contributed by atoms with Gasteiger partial charge in [-0.1, -0.05) is 18.2 Å². The molecular formula is C12H12ClNO. The predicted molar refractivity (Wildman–Crippen MR) is 63.5 cm³/mol. The van der Waals surface area contributed by atoms with Gasteiger partial charge in [0.2, 0.25) is 0 Å². The Morgan fingerprint density at radius 2 is 2.00 bits per heavy atom. The molecule has 0 spiro atoms. The Morgan fingerprint density at radius 1 is 1.20 bits per heavy atom. The van der Waals surface area contributed by atoms with Gasteiger partial charge in [0.25, 0.3) is 5.56 Å². The topological polar surface area (TPSA) is 22.0 Å². The lowest BCUT2D eigenvalue weighted by Crippen LogP contribution is -2.19. The number of hydrogen-bond donors (Lipinski definition) is 0. The minimum atomic E-state index is 0.0678. The third kappa shape index (κ3) is 2.05. The standard InChI is InChI=1S/C12H12ClNO/c13-7-3-8-14-9-6-10-4-1-2-5-11(10)12(14)15/h1-2,4-6,9H,3,7-8H2. The maximum atomic E-state index is 12.0. The lowest BCUT2D eigenvalue weighted by molar-refractivity contribution is 0.662.